The topological polar surface area (TPSA) is 116 Å². The fraction of sp³-hybridized carbons (Fsp3) is 0.531. The Morgan fingerprint density at radius 2 is 1.71 bits per heavy atom. The highest BCUT2D eigenvalue weighted by Crippen LogP contribution is 2.57. The third-order valence-corrected chi connectivity index (χ3v) is 10.2. The maximum absolute atomic E-state index is 15.8. The number of carboxylic acid groups (broad SMARTS) is 1. The Morgan fingerprint density at radius 1 is 1.07 bits per heavy atom. The van der Waals surface area contributed by atoms with Crippen molar-refractivity contribution < 1.29 is 42.2 Å². The van der Waals surface area contributed by atoms with Crippen molar-refractivity contribution in [3.05, 3.63) is 63.4 Å². The molecule has 0 unspecified atom stereocenters. The van der Waals surface area contributed by atoms with Crippen LogP contribution in [0, 0.1) is 17.7 Å². The van der Waals surface area contributed by atoms with E-state index in [0.29, 0.717) is 29.5 Å². The van der Waals surface area contributed by atoms with Gasteiger partial charge in [0, 0.05) is 29.1 Å². The van der Waals surface area contributed by atoms with Crippen LogP contribution in [-0.4, -0.2) is 51.7 Å². The van der Waals surface area contributed by atoms with Gasteiger partial charge < -0.3 is 20.8 Å². The molecule has 2 aliphatic heterocycles. The molecule has 0 bridgehead atoms. The molecule has 45 heavy (non-hydrogen) atoms. The minimum absolute atomic E-state index is 0.0344. The van der Waals surface area contributed by atoms with Crippen molar-refractivity contribution in [1.82, 2.24) is 5.32 Å². The van der Waals surface area contributed by atoms with Crippen LogP contribution in [0.2, 0.25) is 10.0 Å². The van der Waals surface area contributed by atoms with Crippen LogP contribution in [0.3, 0.4) is 0 Å². The zero-order valence-corrected chi connectivity index (χ0v) is 25.9. The first-order valence-corrected chi connectivity index (χ1v) is 15.7. The number of nitrogens with one attached hydrogen (secondary N) is 2. The summed E-state index contributed by atoms with van der Waals surface area (Å²) in [5, 5.41) is 24.4. The van der Waals surface area contributed by atoms with Crippen LogP contribution in [0.1, 0.15) is 75.3 Å². The number of halogens is 6. The first-order chi connectivity index (χ1) is 21.0. The molecular formula is C32H34Cl2F4N2O5. The zero-order chi connectivity index (χ0) is 32.9. The highest BCUT2D eigenvalue weighted by molar-refractivity contribution is 6.31. The second kappa shape index (κ2) is 12.5. The van der Waals surface area contributed by atoms with Crippen LogP contribution in [0.4, 0.5) is 23.2 Å². The molecule has 0 aromatic heterocycles. The summed E-state index contributed by atoms with van der Waals surface area (Å²) >= 11 is 12.6. The lowest BCUT2D eigenvalue weighted by Crippen LogP contribution is -2.49. The van der Waals surface area contributed by atoms with Gasteiger partial charge in [0.15, 0.2) is 5.78 Å². The summed E-state index contributed by atoms with van der Waals surface area (Å²) < 4.78 is 47.5. The predicted molar refractivity (Wildman–Crippen MR) is 160 cm³/mol. The first kappa shape index (κ1) is 33.6. The van der Waals surface area contributed by atoms with Crippen LogP contribution in [0.25, 0.3) is 0 Å². The number of hydrogen-bond acceptors (Lipinski definition) is 5. The highest BCUT2D eigenvalue weighted by Gasteiger charge is 2.66. The van der Waals surface area contributed by atoms with Crippen LogP contribution >= 0.6 is 23.2 Å². The Hall–Kier alpha value is -2.73. The van der Waals surface area contributed by atoms with E-state index in [1.54, 1.807) is 31.2 Å². The number of ketones is 1. The molecule has 1 amide bonds. The molecule has 2 heterocycles. The molecule has 2 aromatic carbocycles. The van der Waals surface area contributed by atoms with E-state index < -0.39 is 40.9 Å². The zero-order valence-electron chi connectivity index (χ0n) is 24.4. The fourth-order valence-corrected chi connectivity index (χ4v) is 8.30. The van der Waals surface area contributed by atoms with E-state index >= 15 is 4.39 Å². The maximum atomic E-state index is 15.8. The smallest absolute Gasteiger partial charge is 0.475 e. The van der Waals surface area contributed by atoms with Gasteiger partial charge in [0.1, 0.15) is 11.2 Å². The number of fused-ring (bicyclic) bond motifs is 2. The van der Waals surface area contributed by atoms with Crippen molar-refractivity contribution in [2.45, 2.75) is 93.5 Å². The molecule has 7 nitrogen and oxygen atoms in total. The van der Waals surface area contributed by atoms with Gasteiger partial charge in [0.2, 0.25) is 5.91 Å². The maximum Gasteiger partial charge on any atom is 0.490 e. The number of Topliss-reactive ketones (excluding diaryl/α,β-unsaturated/α-hetero) is 1. The third kappa shape index (κ3) is 6.46. The minimum Gasteiger partial charge on any atom is -0.475 e. The molecule has 13 heteroatoms. The Bertz CT molecular complexity index is 1490. The molecule has 2 aliphatic carbocycles. The molecule has 4 atom stereocenters. The Morgan fingerprint density at radius 3 is 2.31 bits per heavy atom. The quantitative estimate of drug-likeness (QED) is 0.252. The average Bonchev–Trinajstić information content (AvgIpc) is 3.63. The van der Waals surface area contributed by atoms with Gasteiger partial charge in [-0.15, -0.1) is 0 Å². The molecule has 4 aliphatic rings. The molecule has 1 saturated heterocycles. The SMILES string of the molecule is CC1(O)CC(CC(=O)[C@@H]2N[C@H](CC3CCCC3)[C@]3(C(=O)Nc4cc(Cl)ccc43)[C@H]2c2cccc(Cl)c2F)C1.O=C(O)C(F)(F)F. The second-order valence-corrected chi connectivity index (χ2v) is 13.8. The van der Waals surface area contributed by atoms with Gasteiger partial charge in [-0.25, -0.2) is 9.18 Å². The van der Waals surface area contributed by atoms with Crippen LogP contribution in [0.5, 0.6) is 0 Å². The number of aliphatic carboxylic acids is 1. The summed E-state index contributed by atoms with van der Waals surface area (Å²) in [6, 6.07) is 9.02. The van der Waals surface area contributed by atoms with Gasteiger partial charge >= 0.3 is 12.1 Å². The van der Waals surface area contributed by atoms with Gasteiger partial charge in [-0.2, -0.15) is 13.2 Å². The Balaban J connectivity index is 0.000000515. The van der Waals surface area contributed by atoms with E-state index in [0.717, 1.165) is 37.7 Å². The predicted octanol–water partition coefficient (Wildman–Crippen LogP) is 6.78. The highest BCUT2D eigenvalue weighted by atomic mass is 35.5. The largest absolute Gasteiger partial charge is 0.490 e. The molecule has 2 saturated carbocycles. The van der Waals surface area contributed by atoms with Gasteiger partial charge in [-0.3, -0.25) is 9.59 Å². The van der Waals surface area contributed by atoms with Crippen molar-refractivity contribution in [3.8, 4) is 0 Å². The standard InChI is InChI=1S/C30H33Cl2FN2O3.C2HF3O2/c1-29(38)14-17(15-29)11-23(36)27-25(19-7-4-8-21(32)26(19)33)30(24(35-27)12-16-5-2-3-6-16)20-10-9-18(31)13-22(20)34-28(30)37;3-2(4,5)1(6)7/h4,7-10,13,16-17,24-25,27,35,38H,2-3,5-6,11-12,14-15H2,1H3,(H,34,37);(H,6,7)/t17?,24-,25+,27+,29?,30+;/m1./s1. The number of rotatable bonds is 6. The Kier molecular flexibility index (Phi) is 9.32. The van der Waals surface area contributed by atoms with E-state index in [9.17, 15) is 27.9 Å². The second-order valence-electron chi connectivity index (χ2n) is 13.0. The number of carbonyl (C=O) groups is 3. The summed E-state index contributed by atoms with van der Waals surface area (Å²) in [6.45, 7) is 1.78. The number of anilines is 1. The van der Waals surface area contributed by atoms with E-state index in [1.807, 2.05) is 6.07 Å². The monoisotopic (exact) mass is 672 g/mol. The third-order valence-electron chi connectivity index (χ3n) is 9.70. The number of alkyl halides is 3. The van der Waals surface area contributed by atoms with Crippen LogP contribution in [0.15, 0.2) is 36.4 Å². The lowest BCUT2D eigenvalue weighted by atomic mass is 9.62. The number of hydrogen-bond donors (Lipinski definition) is 4. The molecular weight excluding hydrogens is 639 g/mol. The summed E-state index contributed by atoms with van der Waals surface area (Å²) in [5.74, 6) is -3.95. The fourth-order valence-electron chi connectivity index (χ4n) is 7.94. The molecule has 244 valence electrons. The van der Waals surface area contributed by atoms with Gasteiger partial charge in [-0.05, 0) is 67.3 Å². The minimum atomic E-state index is -5.08. The average molecular weight is 674 g/mol. The summed E-state index contributed by atoms with van der Waals surface area (Å²) in [4.78, 5) is 37.1. The van der Waals surface area contributed by atoms with Gasteiger partial charge in [-0.1, -0.05) is 67.1 Å². The van der Waals surface area contributed by atoms with E-state index in [-0.39, 0.29) is 40.7 Å². The van der Waals surface area contributed by atoms with Crippen LogP contribution in [-0.2, 0) is 19.8 Å². The summed E-state index contributed by atoms with van der Waals surface area (Å²) in [7, 11) is 0. The lowest BCUT2D eigenvalue weighted by molar-refractivity contribution is -0.192. The van der Waals surface area contributed by atoms with E-state index in [2.05, 4.69) is 10.6 Å². The van der Waals surface area contributed by atoms with Crippen molar-refractivity contribution in [3.63, 3.8) is 0 Å². The van der Waals surface area contributed by atoms with E-state index in [1.165, 1.54) is 6.07 Å². The Labute approximate surface area is 267 Å². The number of carbonyl (C=O) groups excluding carboxylic acids is 2. The van der Waals surface area contributed by atoms with Gasteiger partial charge in [0.05, 0.1) is 16.7 Å². The number of carboxylic acids is 1. The van der Waals surface area contributed by atoms with Crippen molar-refractivity contribution in [1.29, 1.82) is 0 Å². The van der Waals surface area contributed by atoms with Crippen molar-refractivity contribution in [2.75, 3.05) is 5.32 Å². The molecule has 3 fully saturated rings. The number of amides is 1. The van der Waals surface area contributed by atoms with E-state index in [4.69, 9.17) is 33.1 Å². The van der Waals surface area contributed by atoms with Crippen LogP contribution < -0.4 is 10.6 Å². The molecule has 2 aromatic rings. The normalized spacial score (nSPS) is 30.8. The molecule has 1 spiro atoms. The number of aliphatic hydroxyl groups is 1. The molecule has 4 N–H and O–H groups in total. The van der Waals surface area contributed by atoms with Crippen molar-refractivity contribution >= 4 is 46.5 Å². The molecule has 0 radical (unpaired) electrons. The number of benzene rings is 2. The summed E-state index contributed by atoms with van der Waals surface area (Å²) in [6.07, 6.45) is 1.48. The van der Waals surface area contributed by atoms with Gasteiger partial charge in [0.25, 0.3) is 0 Å². The molecule has 6 rings (SSSR count). The lowest BCUT2D eigenvalue weighted by Gasteiger charge is -2.41. The van der Waals surface area contributed by atoms with Crippen molar-refractivity contribution in [2.24, 2.45) is 11.8 Å². The summed E-state index contributed by atoms with van der Waals surface area (Å²) in [5.41, 5.74) is -0.317. The first-order valence-electron chi connectivity index (χ1n) is 14.9.